The molecule has 2 atom stereocenters. The van der Waals surface area contributed by atoms with Crippen molar-refractivity contribution in [3.63, 3.8) is 0 Å². The van der Waals surface area contributed by atoms with E-state index in [9.17, 15) is 0 Å². The Bertz CT molecular complexity index is 230. The smallest absolute Gasteiger partial charge is 0.0114 e. The number of fused-ring (bicyclic) bond motifs is 2. The van der Waals surface area contributed by atoms with Crippen molar-refractivity contribution >= 4 is 0 Å². The predicted molar refractivity (Wildman–Crippen MR) is 74.3 cm³/mol. The fourth-order valence-electron chi connectivity index (χ4n) is 3.60. The van der Waals surface area contributed by atoms with Crippen LogP contribution < -0.4 is 5.32 Å². The molecule has 2 aliphatic heterocycles. The number of piperidine rings is 1. The lowest BCUT2D eigenvalue weighted by molar-refractivity contribution is 0.0797. The van der Waals surface area contributed by atoms with Crippen molar-refractivity contribution < 1.29 is 0 Å². The monoisotopic (exact) mass is 238 g/mol. The van der Waals surface area contributed by atoms with Crippen LogP contribution in [-0.4, -0.2) is 36.1 Å². The average Bonchev–Trinajstić information content (AvgIpc) is 2.50. The zero-order chi connectivity index (χ0) is 12.5. The second kappa shape index (κ2) is 5.27. The minimum absolute atomic E-state index is 0.449. The summed E-state index contributed by atoms with van der Waals surface area (Å²) in [6.07, 6.45) is 6.90. The topological polar surface area (TPSA) is 15.3 Å². The lowest BCUT2D eigenvalue weighted by Gasteiger charge is -2.42. The van der Waals surface area contributed by atoms with Crippen molar-refractivity contribution in [1.29, 1.82) is 0 Å². The molecule has 2 saturated heterocycles. The second-order valence-corrected chi connectivity index (χ2v) is 7.24. The first-order valence-electron chi connectivity index (χ1n) is 7.49. The van der Waals surface area contributed by atoms with Gasteiger partial charge >= 0.3 is 0 Å². The molecule has 0 aliphatic carbocycles. The van der Waals surface area contributed by atoms with Crippen LogP contribution in [0, 0.1) is 5.41 Å². The van der Waals surface area contributed by atoms with Gasteiger partial charge in [0, 0.05) is 24.7 Å². The first-order valence-corrected chi connectivity index (χ1v) is 7.49. The molecule has 17 heavy (non-hydrogen) atoms. The van der Waals surface area contributed by atoms with Gasteiger partial charge in [0.15, 0.2) is 0 Å². The minimum Gasteiger partial charge on any atom is -0.314 e. The molecule has 2 nitrogen and oxygen atoms in total. The fraction of sp³-hybridized carbons (Fsp3) is 1.00. The van der Waals surface area contributed by atoms with Gasteiger partial charge in [-0.05, 0) is 44.1 Å². The van der Waals surface area contributed by atoms with Gasteiger partial charge in [-0.25, -0.2) is 0 Å². The van der Waals surface area contributed by atoms with E-state index in [1.807, 2.05) is 0 Å². The van der Waals surface area contributed by atoms with Gasteiger partial charge in [-0.1, -0.05) is 27.7 Å². The van der Waals surface area contributed by atoms with Crippen molar-refractivity contribution in [3.05, 3.63) is 0 Å². The van der Waals surface area contributed by atoms with Crippen LogP contribution in [0.5, 0.6) is 0 Å². The van der Waals surface area contributed by atoms with E-state index >= 15 is 0 Å². The Kier molecular flexibility index (Phi) is 4.14. The minimum atomic E-state index is 0.449. The molecule has 0 saturated carbocycles. The van der Waals surface area contributed by atoms with Crippen LogP contribution in [0.4, 0.5) is 0 Å². The van der Waals surface area contributed by atoms with Crippen LogP contribution in [0.15, 0.2) is 0 Å². The summed E-state index contributed by atoms with van der Waals surface area (Å²) in [6, 6.07) is 2.52. The van der Waals surface area contributed by atoms with Crippen molar-refractivity contribution in [2.24, 2.45) is 5.41 Å². The van der Waals surface area contributed by atoms with Crippen LogP contribution in [0.25, 0.3) is 0 Å². The molecular weight excluding hydrogens is 208 g/mol. The molecule has 2 bridgehead atoms. The number of rotatable bonds is 4. The molecule has 0 spiro atoms. The summed E-state index contributed by atoms with van der Waals surface area (Å²) in [4.78, 5) is 2.81. The molecule has 2 heterocycles. The molecule has 0 aromatic heterocycles. The maximum Gasteiger partial charge on any atom is 0.0114 e. The van der Waals surface area contributed by atoms with Gasteiger partial charge in [-0.2, -0.15) is 0 Å². The third-order valence-electron chi connectivity index (χ3n) is 4.22. The van der Waals surface area contributed by atoms with Crippen molar-refractivity contribution in [2.45, 2.75) is 77.9 Å². The van der Waals surface area contributed by atoms with E-state index in [4.69, 9.17) is 0 Å². The van der Waals surface area contributed by atoms with Gasteiger partial charge in [0.1, 0.15) is 0 Å². The van der Waals surface area contributed by atoms with E-state index in [1.54, 1.807) is 0 Å². The molecule has 2 aliphatic rings. The Morgan fingerprint density at radius 1 is 1.12 bits per heavy atom. The first-order chi connectivity index (χ1) is 7.99. The Balaban J connectivity index is 1.89. The normalized spacial score (nSPS) is 34.2. The van der Waals surface area contributed by atoms with E-state index < -0.39 is 0 Å². The summed E-state index contributed by atoms with van der Waals surface area (Å²) < 4.78 is 0. The van der Waals surface area contributed by atoms with E-state index in [0.29, 0.717) is 5.41 Å². The van der Waals surface area contributed by atoms with Gasteiger partial charge in [0.25, 0.3) is 0 Å². The standard InChI is InChI=1S/C15H30N2/c1-5-8-16-12-9-13-6-7-14(10-12)17(13)11-15(2,3)4/h12-14,16H,5-11H2,1-4H3. The van der Waals surface area contributed by atoms with Gasteiger partial charge in [0.2, 0.25) is 0 Å². The maximum atomic E-state index is 3.73. The molecule has 100 valence electrons. The van der Waals surface area contributed by atoms with E-state index in [1.165, 1.54) is 45.2 Å². The molecule has 0 aromatic carbocycles. The Morgan fingerprint density at radius 2 is 1.71 bits per heavy atom. The molecule has 2 heteroatoms. The van der Waals surface area contributed by atoms with E-state index in [-0.39, 0.29) is 0 Å². The molecule has 2 fully saturated rings. The third kappa shape index (κ3) is 3.45. The molecular formula is C15H30N2. The lowest BCUT2D eigenvalue weighted by atomic mass is 9.91. The number of hydrogen-bond donors (Lipinski definition) is 1. The molecule has 0 amide bonds. The SMILES string of the molecule is CCCNC1CC2CCC(C1)N2CC(C)(C)C. The fourth-order valence-corrected chi connectivity index (χ4v) is 3.60. The van der Waals surface area contributed by atoms with Crippen LogP contribution in [-0.2, 0) is 0 Å². The van der Waals surface area contributed by atoms with Gasteiger partial charge in [0.05, 0.1) is 0 Å². The molecule has 1 N–H and O–H groups in total. The molecule has 2 rings (SSSR count). The quantitative estimate of drug-likeness (QED) is 0.810. The van der Waals surface area contributed by atoms with Crippen LogP contribution >= 0.6 is 0 Å². The second-order valence-electron chi connectivity index (χ2n) is 7.24. The lowest BCUT2D eigenvalue weighted by Crippen LogP contribution is -2.51. The van der Waals surface area contributed by atoms with Crippen molar-refractivity contribution in [2.75, 3.05) is 13.1 Å². The van der Waals surface area contributed by atoms with E-state index in [2.05, 4.69) is 37.9 Å². The average molecular weight is 238 g/mol. The highest BCUT2D eigenvalue weighted by molar-refractivity contribution is 4.98. The Morgan fingerprint density at radius 3 is 2.18 bits per heavy atom. The first kappa shape index (κ1) is 13.4. The highest BCUT2D eigenvalue weighted by atomic mass is 15.2. The van der Waals surface area contributed by atoms with Gasteiger partial charge in [-0.15, -0.1) is 0 Å². The third-order valence-corrected chi connectivity index (χ3v) is 4.22. The van der Waals surface area contributed by atoms with Crippen molar-refractivity contribution in [1.82, 2.24) is 10.2 Å². The molecule has 2 unspecified atom stereocenters. The van der Waals surface area contributed by atoms with E-state index in [0.717, 1.165) is 18.1 Å². The summed E-state index contributed by atoms with van der Waals surface area (Å²) in [6.45, 7) is 11.8. The summed E-state index contributed by atoms with van der Waals surface area (Å²) in [7, 11) is 0. The Hall–Kier alpha value is -0.0800. The number of nitrogens with zero attached hydrogens (tertiary/aromatic N) is 1. The summed E-state index contributed by atoms with van der Waals surface area (Å²) in [5.41, 5.74) is 0.449. The van der Waals surface area contributed by atoms with Crippen LogP contribution in [0.2, 0.25) is 0 Å². The van der Waals surface area contributed by atoms with Crippen LogP contribution in [0.3, 0.4) is 0 Å². The number of nitrogens with one attached hydrogen (secondary N) is 1. The predicted octanol–water partition coefficient (Wildman–Crippen LogP) is 3.03. The van der Waals surface area contributed by atoms with Crippen molar-refractivity contribution in [3.8, 4) is 0 Å². The van der Waals surface area contributed by atoms with Crippen LogP contribution in [0.1, 0.15) is 59.8 Å². The highest BCUT2D eigenvalue weighted by Crippen LogP contribution is 2.37. The Labute approximate surface area is 107 Å². The molecule has 0 aromatic rings. The molecule has 0 radical (unpaired) electrons. The zero-order valence-electron chi connectivity index (χ0n) is 12.1. The highest BCUT2D eigenvalue weighted by Gasteiger charge is 2.41. The number of hydrogen-bond acceptors (Lipinski definition) is 2. The maximum absolute atomic E-state index is 3.73. The largest absolute Gasteiger partial charge is 0.314 e. The summed E-state index contributed by atoms with van der Waals surface area (Å²) in [5, 5.41) is 3.73. The van der Waals surface area contributed by atoms with Gasteiger partial charge in [-0.3, -0.25) is 4.90 Å². The summed E-state index contributed by atoms with van der Waals surface area (Å²) >= 11 is 0. The zero-order valence-corrected chi connectivity index (χ0v) is 12.1. The summed E-state index contributed by atoms with van der Waals surface area (Å²) in [5.74, 6) is 0. The van der Waals surface area contributed by atoms with Gasteiger partial charge < -0.3 is 5.32 Å².